The number of fused-ring (bicyclic) bond motifs is 2. The number of primary sulfonamides is 1. The molecule has 4 rings (SSSR count). The number of carbonyl (C=O) groups excluding carboxylic acids is 2. The van der Waals surface area contributed by atoms with Gasteiger partial charge in [-0.05, 0) is 42.3 Å². The lowest BCUT2D eigenvalue weighted by atomic mass is 10.2. The lowest BCUT2D eigenvalue weighted by Gasteiger charge is -2.18. The van der Waals surface area contributed by atoms with Crippen molar-refractivity contribution in [2.45, 2.75) is 11.3 Å². The number of hydrogen-bond acceptors (Lipinski definition) is 7. The number of nitrogens with one attached hydrogen (secondary N) is 2. The van der Waals surface area contributed by atoms with E-state index in [-0.39, 0.29) is 18.2 Å². The zero-order valence-corrected chi connectivity index (χ0v) is 16.0. The number of sulfonamides is 1. The van der Waals surface area contributed by atoms with Crippen LogP contribution in [0.1, 0.15) is 5.56 Å². The van der Waals surface area contributed by atoms with Gasteiger partial charge in [0.05, 0.1) is 11.4 Å². The van der Waals surface area contributed by atoms with Gasteiger partial charge in [-0.25, -0.2) is 18.4 Å². The number of anilines is 2. The van der Waals surface area contributed by atoms with Gasteiger partial charge in [0, 0.05) is 24.0 Å². The summed E-state index contributed by atoms with van der Waals surface area (Å²) >= 11 is 0. The quantitative estimate of drug-likeness (QED) is 0.666. The highest BCUT2D eigenvalue weighted by atomic mass is 32.2. The Hall–Kier alpha value is -3.31. The zero-order valence-electron chi connectivity index (χ0n) is 15.2. The van der Waals surface area contributed by atoms with Crippen molar-refractivity contribution in [3.05, 3.63) is 42.0 Å². The molecule has 10 nitrogen and oxygen atoms in total. The summed E-state index contributed by atoms with van der Waals surface area (Å²) in [5.74, 6) is 0.610. The topological polar surface area (TPSA) is 140 Å². The van der Waals surface area contributed by atoms with E-state index < -0.39 is 22.0 Å². The molecular formula is C18H18N4O6S. The summed E-state index contributed by atoms with van der Waals surface area (Å²) in [6.07, 6.45) is 0.579. The van der Waals surface area contributed by atoms with E-state index in [1.54, 1.807) is 29.2 Å². The van der Waals surface area contributed by atoms with Crippen LogP contribution >= 0.6 is 0 Å². The number of amides is 3. The molecule has 29 heavy (non-hydrogen) atoms. The van der Waals surface area contributed by atoms with Crippen LogP contribution in [0.25, 0.3) is 0 Å². The van der Waals surface area contributed by atoms with Crippen molar-refractivity contribution < 1.29 is 27.5 Å². The zero-order chi connectivity index (χ0) is 20.6. The van der Waals surface area contributed by atoms with Gasteiger partial charge in [-0.15, -0.1) is 0 Å². The standard InChI is InChI=1S/C18H18N4O6S/c19-29(25,26)13-2-3-14-11(7-13)5-6-22(14)9-17(23)21-18(24)20-12-1-4-15-16(8-12)28-10-27-15/h1-4,7-8H,5-6,9-10H2,(H2,19,25,26)(H2,20,21,23,24). The summed E-state index contributed by atoms with van der Waals surface area (Å²) in [6.45, 7) is 0.608. The summed E-state index contributed by atoms with van der Waals surface area (Å²) in [4.78, 5) is 26.1. The molecule has 0 fully saturated rings. The third-order valence-corrected chi connectivity index (χ3v) is 5.50. The van der Waals surface area contributed by atoms with E-state index in [4.69, 9.17) is 14.6 Å². The predicted molar refractivity (Wildman–Crippen MR) is 103 cm³/mol. The maximum absolute atomic E-state index is 12.2. The van der Waals surface area contributed by atoms with Crippen LogP contribution in [0.5, 0.6) is 11.5 Å². The van der Waals surface area contributed by atoms with E-state index in [9.17, 15) is 18.0 Å². The number of nitrogens with zero attached hydrogens (tertiary/aromatic N) is 1. The molecule has 3 amide bonds. The van der Waals surface area contributed by atoms with Gasteiger partial charge in [-0.3, -0.25) is 10.1 Å². The van der Waals surface area contributed by atoms with Gasteiger partial charge in [0.25, 0.3) is 0 Å². The second-order valence-electron chi connectivity index (χ2n) is 6.58. The number of rotatable bonds is 4. The number of hydrogen-bond donors (Lipinski definition) is 3. The molecule has 0 aliphatic carbocycles. The van der Waals surface area contributed by atoms with E-state index in [1.165, 1.54) is 12.1 Å². The van der Waals surface area contributed by atoms with Gasteiger partial charge < -0.3 is 19.7 Å². The lowest BCUT2D eigenvalue weighted by Crippen LogP contribution is -2.41. The Morgan fingerprint density at radius 3 is 2.69 bits per heavy atom. The largest absolute Gasteiger partial charge is 0.454 e. The highest BCUT2D eigenvalue weighted by Gasteiger charge is 2.24. The number of imide groups is 1. The molecule has 4 N–H and O–H groups in total. The van der Waals surface area contributed by atoms with Crippen LogP contribution < -0.4 is 30.1 Å². The SMILES string of the molecule is NS(=O)(=O)c1ccc2c(c1)CCN2CC(=O)NC(=O)Nc1ccc2c(c1)OCO2. The Labute approximate surface area is 166 Å². The Morgan fingerprint density at radius 1 is 1.10 bits per heavy atom. The van der Waals surface area contributed by atoms with Crippen LogP contribution in [0, 0.1) is 0 Å². The molecule has 0 saturated carbocycles. The van der Waals surface area contributed by atoms with Crippen LogP contribution in [-0.4, -0.2) is 40.2 Å². The minimum absolute atomic E-state index is 0.0330. The fourth-order valence-corrected chi connectivity index (χ4v) is 3.83. The first-order valence-electron chi connectivity index (χ1n) is 8.71. The fourth-order valence-electron chi connectivity index (χ4n) is 3.26. The minimum atomic E-state index is -3.78. The number of carbonyl (C=O) groups is 2. The molecule has 11 heteroatoms. The van der Waals surface area contributed by atoms with Crippen molar-refractivity contribution in [3.63, 3.8) is 0 Å². The fraction of sp³-hybridized carbons (Fsp3) is 0.222. The second kappa shape index (κ2) is 7.26. The summed E-state index contributed by atoms with van der Waals surface area (Å²) in [6, 6.07) is 8.76. The summed E-state index contributed by atoms with van der Waals surface area (Å²) in [5.41, 5.74) is 1.99. The highest BCUT2D eigenvalue weighted by Crippen LogP contribution is 2.34. The number of nitrogens with two attached hydrogens (primary N) is 1. The summed E-state index contributed by atoms with van der Waals surface area (Å²) in [7, 11) is -3.78. The maximum atomic E-state index is 12.2. The van der Waals surface area contributed by atoms with Crippen LogP contribution in [0.4, 0.5) is 16.2 Å². The van der Waals surface area contributed by atoms with Gasteiger partial charge >= 0.3 is 6.03 Å². The van der Waals surface area contributed by atoms with Gasteiger partial charge in [0.1, 0.15) is 0 Å². The monoisotopic (exact) mass is 418 g/mol. The molecule has 0 aromatic heterocycles. The van der Waals surface area contributed by atoms with Crippen molar-refractivity contribution >= 4 is 33.3 Å². The smallest absolute Gasteiger partial charge is 0.325 e. The predicted octanol–water partition coefficient (Wildman–Crippen LogP) is 0.773. The first-order valence-corrected chi connectivity index (χ1v) is 10.3. The van der Waals surface area contributed by atoms with E-state index in [1.807, 2.05) is 0 Å². The third kappa shape index (κ3) is 4.10. The Bertz CT molecular complexity index is 1100. The van der Waals surface area contributed by atoms with E-state index in [0.29, 0.717) is 30.2 Å². The first-order chi connectivity index (χ1) is 13.8. The lowest BCUT2D eigenvalue weighted by molar-refractivity contribution is -0.118. The maximum Gasteiger partial charge on any atom is 0.325 e. The average molecular weight is 418 g/mol. The van der Waals surface area contributed by atoms with E-state index in [0.717, 1.165) is 11.3 Å². The van der Waals surface area contributed by atoms with Gasteiger partial charge in [-0.1, -0.05) is 0 Å². The second-order valence-corrected chi connectivity index (χ2v) is 8.14. The van der Waals surface area contributed by atoms with Crippen molar-refractivity contribution in [2.24, 2.45) is 5.14 Å². The van der Waals surface area contributed by atoms with Gasteiger partial charge in [-0.2, -0.15) is 0 Å². The average Bonchev–Trinajstić information content (AvgIpc) is 3.27. The molecule has 2 aromatic rings. The molecule has 2 aromatic carbocycles. The van der Waals surface area contributed by atoms with E-state index >= 15 is 0 Å². The van der Waals surface area contributed by atoms with Crippen molar-refractivity contribution in [2.75, 3.05) is 30.1 Å². The van der Waals surface area contributed by atoms with Crippen molar-refractivity contribution in [1.82, 2.24) is 5.32 Å². The van der Waals surface area contributed by atoms with Crippen LogP contribution in [0.2, 0.25) is 0 Å². The molecule has 2 aliphatic rings. The molecule has 0 radical (unpaired) electrons. The number of benzene rings is 2. The first kappa shape index (κ1) is 19.0. The normalized spacial score (nSPS) is 14.4. The summed E-state index contributed by atoms with van der Waals surface area (Å²) < 4.78 is 33.4. The molecular weight excluding hydrogens is 400 g/mol. The van der Waals surface area contributed by atoms with Crippen molar-refractivity contribution in [3.8, 4) is 11.5 Å². The van der Waals surface area contributed by atoms with Gasteiger partial charge in [0.15, 0.2) is 11.5 Å². The Balaban J connectivity index is 1.35. The van der Waals surface area contributed by atoms with Crippen LogP contribution in [-0.2, 0) is 21.2 Å². The molecule has 0 atom stereocenters. The number of ether oxygens (including phenoxy) is 2. The number of urea groups is 1. The van der Waals surface area contributed by atoms with Crippen LogP contribution in [0.3, 0.4) is 0 Å². The van der Waals surface area contributed by atoms with Crippen molar-refractivity contribution in [1.29, 1.82) is 0 Å². The molecule has 0 bridgehead atoms. The van der Waals surface area contributed by atoms with E-state index in [2.05, 4.69) is 10.6 Å². The Morgan fingerprint density at radius 2 is 1.90 bits per heavy atom. The molecule has 152 valence electrons. The molecule has 0 saturated heterocycles. The molecule has 0 spiro atoms. The van der Waals surface area contributed by atoms with Gasteiger partial charge in [0.2, 0.25) is 22.7 Å². The third-order valence-electron chi connectivity index (χ3n) is 4.59. The minimum Gasteiger partial charge on any atom is -0.454 e. The highest BCUT2D eigenvalue weighted by molar-refractivity contribution is 7.89. The molecule has 2 heterocycles. The van der Waals surface area contributed by atoms with Crippen LogP contribution in [0.15, 0.2) is 41.3 Å². The summed E-state index contributed by atoms with van der Waals surface area (Å²) in [5, 5.41) is 9.99. The Kier molecular flexibility index (Phi) is 4.76. The molecule has 2 aliphatic heterocycles. The molecule has 0 unspecified atom stereocenters.